The number of anilines is 1. The maximum Gasteiger partial charge on any atom is 0.177 e. The van der Waals surface area contributed by atoms with Gasteiger partial charge in [-0.25, -0.2) is 18.7 Å². The Morgan fingerprint density at radius 1 is 1.19 bits per heavy atom. The van der Waals surface area contributed by atoms with E-state index in [-0.39, 0.29) is 16.7 Å². The molecule has 1 spiro atoms. The summed E-state index contributed by atoms with van der Waals surface area (Å²) in [5, 5.41) is 7.26. The minimum atomic E-state index is -0.743. The molecule has 2 aromatic heterocycles. The summed E-state index contributed by atoms with van der Waals surface area (Å²) in [6, 6.07) is 4.25. The van der Waals surface area contributed by atoms with Crippen molar-refractivity contribution in [3.63, 3.8) is 0 Å². The predicted molar refractivity (Wildman–Crippen MR) is 113 cm³/mol. The van der Waals surface area contributed by atoms with Crippen LogP contribution in [-0.2, 0) is 11.4 Å². The Morgan fingerprint density at radius 2 is 2.03 bits per heavy atom. The molecule has 2 saturated heterocycles. The normalized spacial score (nSPS) is 17.8. The van der Waals surface area contributed by atoms with Crippen LogP contribution in [0, 0.1) is 23.1 Å². The summed E-state index contributed by atoms with van der Waals surface area (Å²) in [6.45, 7) is 2.45. The van der Waals surface area contributed by atoms with Crippen LogP contribution in [0.4, 0.5) is 14.6 Å². The number of alkyl halides is 1. The van der Waals surface area contributed by atoms with Crippen LogP contribution in [0.3, 0.4) is 0 Å². The van der Waals surface area contributed by atoms with Crippen molar-refractivity contribution >= 4 is 28.6 Å². The highest BCUT2D eigenvalue weighted by Crippen LogP contribution is 2.40. The average molecular weight is 444 g/mol. The number of aromatic nitrogens is 4. The molecule has 0 saturated carbocycles. The van der Waals surface area contributed by atoms with Crippen LogP contribution in [0.5, 0.6) is 0 Å². The fourth-order valence-corrected chi connectivity index (χ4v) is 4.41. The zero-order valence-electron chi connectivity index (χ0n) is 16.7. The third-order valence-corrected chi connectivity index (χ3v) is 6.36. The molecular weight excluding hydrogens is 424 g/mol. The molecule has 0 bridgehead atoms. The van der Waals surface area contributed by atoms with E-state index in [1.54, 1.807) is 6.07 Å². The Labute approximate surface area is 183 Å². The second-order valence-corrected chi connectivity index (χ2v) is 8.50. The van der Waals surface area contributed by atoms with E-state index in [4.69, 9.17) is 16.3 Å². The molecule has 31 heavy (non-hydrogen) atoms. The van der Waals surface area contributed by atoms with Crippen molar-refractivity contribution in [2.75, 3.05) is 31.2 Å². The molecule has 3 aromatic rings. The molecule has 0 amide bonds. The first-order chi connectivity index (χ1) is 15.1. The molecule has 0 aliphatic carbocycles. The third-order valence-electron chi connectivity index (χ3n) is 6.13. The highest BCUT2D eigenvalue weighted by atomic mass is 35.5. The lowest BCUT2D eigenvalue weighted by molar-refractivity contribution is 0.133. The minimum Gasteiger partial charge on any atom is -0.381 e. The maximum absolute atomic E-state index is 14.0. The fourth-order valence-electron chi connectivity index (χ4n) is 4.25. The van der Waals surface area contributed by atoms with Crippen LogP contribution in [0.1, 0.15) is 36.2 Å². The van der Waals surface area contributed by atoms with E-state index in [0.717, 1.165) is 45.6 Å². The smallest absolute Gasteiger partial charge is 0.177 e. The van der Waals surface area contributed by atoms with Crippen molar-refractivity contribution in [2.24, 2.45) is 5.41 Å². The van der Waals surface area contributed by atoms with Crippen molar-refractivity contribution in [3.05, 3.63) is 46.0 Å². The summed E-state index contributed by atoms with van der Waals surface area (Å²) in [7, 11) is 0. The number of aromatic amines is 1. The van der Waals surface area contributed by atoms with E-state index in [1.165, 1.54) is 12.1 Å². The Bertz CT molecular complexity index is 1190. The molecule has 0 atom stereocenters. The standard InChI is InChI=1S/C22H20ClF2N5O/c23-15-3-1-14(16(25)11-15)2-4-17-19-20(29-28-17)27-21(18(12-24)26-19)30-8-5-22(6-9-30)7-10-31-13-22/h1,3,11H,5-10,12-13H2,(H,27,28,29). The van der Waals surface area contributed by atoms with E-state index in [9.17, 15) is 8.78 Å². The number of hydrogen-bond donors (Lipinski definition) is 1. The van der Waals surface area contributed by atoms with Gasteiger partial charge in [0, 0.05) is 24.7 Å². The van der Waals surface area contributed by atoms with E-state index >= 15 is 0 Å². The summed E-state index contributed by atoms with van der Waals surface area (Å²) in [6.07, 6.45) is 3.06. The summed E-state index contributed by atoms with van der Waals surface area (Å²) >= 11 is 5.77. The SMILES string of the molecule is FCc1nc2c(C#Cc3ccc(Cl)cc3F)n[nH]c2nc1N1CCC2(CCOC2)CC1. The molecule has 0 radical (unpaired) electrons. The van der Waals surface area contributed by atoms with Gasteiger partial charge in [-0.05, 0) is 48.8 Å². The predicted octanol–water partition coefficient (Wildman–Crippen LogP) is 4.02. The number of benzene rings is 1. The molecule has 0 unspecified atom stereocenters. The number of nitrogens with zero attached hydrogens (tertiary/aromatic N) is 4. The van der Waals surface area contributed by atoms with Gasteiger partial charge in [-0.15, -0.1) is 0 Å². The quantitative estimate of drug-likeness (QED) is 0.606. The molecule has 5 rings (SSSR count). The van der Waals surface area contributed by atoms with Gasteiger partial charge in [0.05, 0.1) is 12.2 Å². The molecule has 9 heteroatoms. The van der Waals surface area contributed by atoms with Crippen LogP contribution in [0.25, 0.3) is 11.2 Å². The molecule has 2 aliphatic rings. The van der Waals surface area contributed by atoms with Crippen molar-refractivity contribution in [1.29, 1.82) is 0 Å². The number of hydrogen-bond acceptors (Lipinski definition) is 5. The molecule has 2 fully saturated rings. The first kappa shape index (κ1) is 20.2. The van der Waals surface area contributed by atoms with Gasteiger partial charge in [0.2, 0.25) is 0 Å². The molecule has 160 valence electrons. The minimum absolute atomic E-state index is 0.189. The average Bonchev–Trinajstić information content (AvgIpc) is 3.39. The molecule has 6 nitrogen and oxygen atoms in total. The van der Waals surface area contributed by atoms with Crippen LogP contribution < -0.4 is 4.90 Å². The molecule has 4 heterocycles. The van der Waals surface area contributed by atoms with E-state index in [1.807, 2.05) is 0 Å². The summed E-state index contributed by atoms with van der Waals surface area (Å²) in [5.41, 5.74) is 1.78. The van der Waals surface area contributed by atoms with E-state index in [0.29, 0.717) is 27.7 Å². The number of nitrogens with one attached hydrogen (secondary N) is 1. The van der Waals surface area contributed by atoms with Crippen molar-refractivity contribution in [1.82, 2.24) is 20.2 Å². The number of fused-ring (bicyclic) bond motifs is 1. The Morgan fingerprint density at radius 3 is 2.74 bits per heavy atom. The topological polar surface area (TPSA) is 66.9 Å². The van der Waals surface area contributed by atoms with E-state index < -0.39 is 12.5 Å². The molecule has 1 aromatic carbocycles. The third kappa shape index (κ3) is 3.84. The van der Waals surface area contributed by atoms with Gasteiger partial charge in [0.25, 0.3) is 0 Å². The van der Waals surface area contributed by atoms with Crippen molar-refractivity contribution < 1.29 is 13.5 Å². The van der Waals surface area contributed by atoms with Gasteiger partial charge < -0.3 is 9.64 Å². The van der Waals surface area contributed by atoms with Crippen LogP contribution in [-0.4, -0.2) is 46.5 Å². The maximum atomic E-state index is 14.0. The summed E-state index contributed by atoms with van der Waals surface area (Å²) in [5.74, 6) is 5.55. The number of H-pyrrole nitrogens is 1. The second-order valence-electron chi connectivity index (χ2n) is 8.06. The zero-order valence-corrected chi connectivity index (χ0v) is 17.5. The number of rotatable bonds is 2. The number of ether oxygens (including phenoxy) is 1. The largest absolute Gasteiger partial charge is 0.381 e. The lowest BCUT2D eigenvalue weighted by Gasteiger charge is -2.39. The van der Waals surface area contributed by atoms with Crippen LogP contribution in [0.15, 0.2) is 18.2 Å². The highest BCUT2D eigenvalue weighted by Gasteiger charge is 2.38. The molecule has 1 N–H and O–H groups in total. The highest BCUT2D eigenvalue weighted by molar-refractivity contribution is 6.30. The van der Waals surface area contributed by atoms with Crippen molar-refractivity contribution in [3.8, 4) is 11.8 Å². The van der Waals surface area contributed by atoms with Gasteiger partial charge >= 0.3 is 0 Å². The van der Waals surface area contributed by atoms with Gasteiger partial charge in [-0.3, -0.25) is 5.10 Å². The van der Waals surface area contributed by atoms with Crippen LogP contribution in [0.2, 0.25) is 5.02 Å². The lowest BCUT2D eigenvalue weighted by atomic mass is 9.78. The monoisotopic (exact) mass is 443 g/mol. The number of piperidine rings is 1. The Kier molecular flexibility index (Phi) is 5.24. The van der Waals surface area contributed by atoms with Crippen LogP contribution >= 0.6 is 11.6 Å². The Balaban J connectivity index is 1.44. The van der Waals surface area contributed by atoms with E-state index in [2.05, 4.69) is 36.9 Å². The van der Waals surface area contributed by atoms with Crippen molar-refractivity contribution in [2.45, 2.75) is 25.9 Å². The Hall–Kier alpha value is -2.76. The first-order valence-corrected chi connectivity index (χ1v) is 10.6. The molecular formula is C22H20ClF2N5O. The van der Waals surface area contributed by atoms with Gasteiger partial charge in [0.15, 0.2) is 17.2 Å². The second kappa shape index (κ2) is 8.06. The lowest BCUT2D eigenvalue weighted by Crippen LogP contribution is -2.41. The summed E-state index contributed by atoms with van der Waals surface area (Å²) < 4.78 is 33.4. The zero-order chi connectivity index (χ0) is 21.4. The van der Waals surface area contributed by atoms with Gasteiger partial charge in [0.1, 0.15) is 23.7 Å². The van der Waals surface area contributed by atoms with Gasteiger partial charge in [-0.1, -0.05) is 17.5 Å². The molecule has 2 aliphatic heterocycles. The van der Waals surface area contributed by atoms with Gasteiger partial charge in [-0.2, -0.15) is 5.10 Å². The first-order valence-electron chi connectivity index (χ1n) is 10.2. The summed E-state index contributed by atoms with van der Waals surface area (Å²) in [4.78, 5) is 11.1. The number of halogens is 3. The fraction of sp³-hybridized carbons (Fsp3) is 0.409.